The molecule has 0 saturated heterocycles. The number of methoxy groups -OCH3 is 1. The zero-order chi connectivity index (χ0) is 20.9. The summed E-state index contributed by atoms with van der Waals surface area (Å²) < 4.78 is 7.34. The molecule has 8 nitrogen and oxygen atoms in total. The Balaban J connectivity index is 1.44. The van der Waals surface area contributed by atoms with Gasteiger partial charge in [-0.25, -0.2) is 4.98 Å². The molecule has 0 atom stereocenters. The van der Waals surface area contributed by atoms with Gasteiger partial charge in [0.1, 0.15) is 11.6 Å². The molecule has 4 heterocycles. The quantitative estimate of drug-likeness (QED) is 0.465. The summed E-state index contributed by atoms with van der Waals surface area (Å²) in [5, 5.41) is 13.9. The predicted octanol–water partition coefficient (Wildman–Crippen LogP) is 3.99. The summed E-state index contributed by atoms with van der Waals surface area (Å²) in [7, 11) is 3.77. The molecule has 154 valence electrons. The number of hydrogen-bond donors (Lipinski definition) is 2. The number of nitrogens with zero attached hydrogens (tertiary/aromatic N) is 5. The number of aromatic amines is 1. The number of benzene rings is 2. The maximum Gasteiger partial charge on any atom is 0.235 e. The van der Waals surface area contributed by atoms with E-state index in [-0.39, 0.29) is 0 Å². The molecular weight excluding hydrogens is 390 g/mol. The topological polar surface area (TPSA) is 83.9 Å². The Morgan fingerprint density at radius 2 is 1.90 bits per heavy atom. The number of ether oxygens (including phenoxy) is 1. The molecule has 0 radical (unpaired) electrons. The standard InChI is InChI=1S/C23H21N7O/c1-29-12-19-21(13-29)26-23(30-10-14-3-5-18(31-2)8-16(14)11-30)27-22(19)25-17-4-6-20-15(7-17)9-24-28-20/h3-11H,12-13H2,1-2H3,(H,24,28)(H,25,26,27). The number of fused-ring (bicyclic) bond motifs is 3. The lowest BCUT2D eigenvalue weighted by Crippen LogP contribution is -2.08. The van der Waals surface area contributed by atoms with E-state index in [4.69, 9.17) is 14.7 Å². The number of hydrogen-bond acceptors (Lipinski definition) is 6. The second-order valence-electron chi connectivity index (χ2n) is 7.93. The van der Waals surface area contributed by atoms with Crippen LogP contribution in [0.15, 0.2) is 55.0 Å². The molecule has 1 aliphatic heterocycles. The molecule has 0 saturated carbocycles. The van der Waals surface area contributed by atoms with Gasteiger partial charge in [0.2, 0.25) is 5.95 Å². The van der Waals surface area contributed by atoms with E-state index in [2.05, 4.69) is 39.7 Å². The average Bonchev–Trinajstić information content (AvgIpc) is 3.49. The minimum absolute atomic E-state index is 0.649. The van der Waals surface area contributed by atoms with Gasteiger partial charge >= 0.3 is 0 Å². The van der Waals surface area contributed by atoms with Gasteiger partial charge in [0.25, 0.3) is 0 Å². The minimum Gasteiger partial charge on any atom is -0.497 e. The van der Waals surface area contributed by atoms with Crippen molar-refractivity contribution < 1.29 is 4.74 Å². The molecule has 1 aliphatic rings. The van der Waals surface area contributed by atoms with E-state index in [1.807, 2.05) is 47.3 Å². The second kappa shape index (κ2) is 6.82. The largest absolute Gasteiger partial charge is 0.497 e. The molecule has 8 heteroatoms. The number of anilines is 2. The van der Waals surface area contributed by atoms with Crippen molar-refractivity contribution in [2.45, 2.75) is 13.1 Å². The normalized spacial score (nSPS) is 13.7. The zero-order valence-corrected chi connectivity index (χ0v) is 17.3. The van der Waals surface area contributed by atoms with Crippen molar-refractivity contribution in [3.63, 3.8) is 0 Å². The van der Waals surface area contributed by atoms with Crippen molar-refractivity contribution in [3.05, 3.63) is 66.2 Å². The van der Waals surface area contributed by atoms with E-state index in [1.54, 1.807) is 7.11 Å². The third-order valence-electron chi connectivity index (χ3n) is 5.71. The van der Waals surface area contributed by atoms with E-state index in [0.717, 1.165) is 63.3 Å². The van der Waals surface area contributed by atoms with Crippen LogP contribution >= 0.6 is 0 Å². The third kappa shape index (κ3) is 3.08. The molecule has 5 aromatic rings. The number of nitrogens with one attached hydrogen (secondary N) is 2. The molecule has 0 aliphatic carbocycles. The Morgan fingerprint density at radius 1 is 1.00 bits per heavy atom. The van der Waals surface area contributed by atoms with Crippen molar-refractivity contribution in [1.29, 1.82) is 0 Å². The lowest BCUT2D eigenvalue weighted by Gasteiger charge is -2.12. The van der Waals surface area contributed by atoms with Gasteiger partial charge in [0.05, 0.1) is 24.5 Å². The first-order chi connectivity index (χ1) is 15.2. The third-order valence-corrected chi connectivity index (χ3v) is 5.71. The average molecular weight is 411 g/mol. The van der Waals surface area contributed by atoms with Gasteiger partial charge in [-0.05, 0) is 43.4 Å². The Bertz CT molecular complexity index is 1430. The van der Waals surface area contributed by atoms with Crippen LogP contribution in [0, 0.1) is 0 Å². The Morgan fingerprint density at radius 3 is 2.81 bits per heavy atom. The van der Waals surface area contributed by atoms with Crippen molar-refractivity contribution >= 4 is 33.2 Å². The summed E-state index contributed by atoms with van der Waals surface area (Å²) in [5.74, 6) is 2.32. The van der Waals surface area contributed by atoms with E-state index in [0.29, 0.717) is 5.95 Å². The monoisotopic (exact) mass is 411 g/mol. The summed E-state index contributed by atoms with van der Waals surface area (Å²) in [4.78, 5) is 12.0. The summed E-state index contributed by atoms with van der Waals surface area (Å²) in [6.07, 6.45) is 5.92. The molecule has 0 amide bonds. The van der Waals surface area contributed by atoms with Gasteiger partial charge in [-0.2, -0.15) is 10.1 Å². The number of H-pyrrole nitrogens is 1. The van der Waals surface area contributed by atoms with Crippen LogP contribution in [0.4, 0.5) is 11.5 Å². The van der Waals surface area contributed by atoms with Gasteiger partial charge in [-0.15, -0.1) is 0 Å². The van der Waals surface area contributed by atoms with E-state index >= 15 is 0 Å². The van der Waals surface area contributed by atoms with Crippen LogP contribution < -0.4 is 10.1 Å². The van der Waals surface area contributed by atoms with Gasteiger partial charge < -0.3 is 10.1 Å². The fraction of sp³-hybridized carbons (Fsp3) is 0.174. The highest BCUT2D eigenvalue weighted by Gasteiger charge is 2.23. The lowest BCUT2D eigenvalue weighted by molar-refractivity contribution is 0.351. The van der Waals surface area contributed by atoms with E-state index in [1.165, 1.54) is 0 Å². The predicted molar refractivity (Wildman–Crippen MR) is 120 cm³/mol. The fourth-order valence-corrected chi connectivity index (χ4v) is 4.13. The van der Waals surface area contributed by atoms with Crippen molar-refractivity contribution in [1.82, 2.24) is 29.6 Å². The SMILES string of the molecule is COc1ccc2cn(-c3nc4c(c(Nc5ccc6[nH]ncc6c5)n3)CN(C)C4)cc2c1. The van der Waals surface area contributed by atoms with Crippen LogP contribution in [0.3, 0.4) is 0 Å². The smallest absolute Gasteiger partial charge is 0.235 e. The van der Waals surface area contributed by atoms with Gasteiger partial charge in [-0.3, -0.25) is 14.6 Å². The maximum atomic E-state index is 5.36. The summed E-state index contributed by atoms with van der Waals surface area (Å²) in [6, 6.07) is 12.2. The molecule has 0 fully saturated rings. The zero-order valence-electron chi connectivity index (χ0n) is 17.3. The van der Waals surface area contributed by atoms with Crippen LogP contribution in [0.1, 0.15) is 11.3 Å². The highest BCUT2D eigenvalue weighted by Crippen LogP contribution is 2.31. The minimum atomic E-state index is 0.649. The maximum absolute atomic E-state index is 5.36. The van der Waals surface area contributed by atoms with Crippen LogP contribution in [-0.2, 0) is 13.1 Å². The second-order valence-corrected chi connectivity index (χ2v) is 7.93. The van der Waals surface area contributed by atoms with Gasteiger partial charge in [0.15, 0.2) is 0 Å². The van der Waals surface area contributed by atoms with Crippen LogP contribution in [-0.4, -0.2) is 43.8 Å². The van der Waals surface area contributed by atoms with Crippen LogP contribution in [0.5, 0.6) is 5.75 Å². The van der Waals surface area contributed by atoms with Crippen molar-refractivity contribution in [3.8, 4) is 11.7 Å². The molecule has 3 aromatic heterocycles. The summed E-state index contributed by atoms with van der Waals surface area (Å²) >= 11 is 0. The molecule has 31 heavy (non-hydrogen) atoms. The van der Waals surface area contributed by atoms with Crippen molar-refractivity contribution in [2.24, 2.45) is 0 Å². The van der Waals surface area contributed by atoms with Crippen molar-refractivity contribution in [2.75, 3.05) is 19.5 Å². The molecule has 6 rings (SSSR count). The molecule has 2 N–H and O–H groups in total. The van der Waals surface area contributed by atoms with Gasteiger partial charge in [-0.1, -0.05) is 0 Å². The first-order valence-electron chi connectivity index (χ1n) is 10.1. The van der Waals surface area contributed by atoms with E-state index in [9.17, 15) is 0 Å². The molecule has 0 bridgehead atoms. The number of aromatic nitrogens is 5. The highest BCUT2D eigenvalue weighted by molar-refractivity contribution is 5.84. The Hall–Kier alpha value is -3.91. The lowest BCUT2D eigenvalue weighted by atomic mass is 10.2. The first kappa shape index (κ1) is 17.9. The number of rotatable bonds is 4. The Labute approximate surface area is 178 Å². The summed E-state index contributed by atoms with van der Waals surface area (Å²) in [6.45, 7) is 1.62. The molecule has 2 aromatic carbocycles. The molecule has 0 spiro atoms. The summed E-state index contributed by atoms with van der Waals surface area (Å²) in [5.41, 5.74) is 4.16. The van der Waals surface area contributed by atoms with Gasteiger partial charge in [0, 0.05) is 52.9 Å². The Kier molecular flexibility index (Phi) is 3.94. The molecule has 0 unspecified atom stereocenters. The van der Waals surface area contributed by atoms with E-state index < -0.39 is 0 Å². The van der Waals surface area contributed by atoms with Crippen LogP contribution in [0.2, 0.25) is 0 Å². The highest BCUT2D eigenvalue weighted by atomic mass is 16.5. The van der Waals surface area contributed by atoms with Crippen LogP contribution in [0.25, 0.3) is 27.6 Å². The first-order valence-corrected chi connectivity index (χ1v) is 10.1. The fourth-order valence-electron chi connectivity index (χ4n) is 4.13. The molecular formula is C23H21N7O.